The van der Waals surface area contributed by atoms with Gasteiger partial charge in [0.05, 0.1) is 23.8 Å². The molecule has 3 aromatic heterocycles. The minimum Gasteiger partial charge on any atom is -0.261 e. The smallest absolute Gasteiger partial charge is 0.146 e. The SMILES string of the molecule is C/C(=N\Nc1ccccn1)c1cnc(/C(C)=N/Nc2ccccn2)cn1. The van der Waals surface area contributed by atoms with Gasteiger partial charge >= 0.3 is 0 Å². The van der Waals surface area contributed by atoms with Gasteiger partial charge in [0.25, 0.3) is 0 Å². The fraction of sp³-hybridized carbons (Fsp3) is 0.111. The Morgan fingerprint density at radius 3 is 1.50 bits per heavy atom. The first-order valence-corrected chi connectivity index (χ1v) is 7.98. The third-order valence-corrected chi connectivity index (χ3v) is 3.40. The summed E-state index contributed by atoms with van der Waals surface area (Å²) in [5, 5.41) is 8.53. The first kappa shape index (κ1) is 17.2. The lowest BCUT2D eigenvalue weighted by Gasteiger charge is -2.04. The first-order chi connectivity index (χ1) is 12.7. The molecule has 0 saturated heterocycles. The molecule has 0 aliphatic rings. The number of hydrogen-bond acceptors (Lipinski definition) is 8. The standard InChI is InChI=1S/C18H18N8/c1-13(23-25-17-7-3-5-9-19-17)15-11-22-16(12-21-15)14(2)24-26-18-8-4-6-10-20-18/h3-12H,1-2H3,(H,19,25)(H,20,26)/b23-13+,24-14+. The molecule has 130 valence electrons. The van der Waals surface area contributed by atoms with Gasteiger partial charge in [0.15, 0.2) is 0 Å². The van der Waals surface area contributed by atoms with Crippen LogP contribution in [0.4, 0.5) is 11.6 Å². The van der Waals surface area contributed by atoms with Crippen LogP contribution < -0.4 is 10.9 Å². The molecule has 0 bridgehead atoms. The molecule has 0 aliphatic heterocycles. The van der Waals surface area contributed by atoms with Crippen molar-refractivity contribution < 1.29 is 0 Å². The van der Waals surface area contributed by atoms with Gasteiger partial charge in [-0.1, -0.05) is 12.1 Å². The largest absolute Gasteiger partial charge is 0.261 e. The molecule has 0 aromatic carbocycles. The van der Waals surface area contributed by atoms with Crippen molar-refractivity contribution in [2.75, 3.05) is 10.9 Å². The third kappa shape index (κ3) is 4.67. The highest BCUT2D eigenvalue weighted by molar-refractivity contribution is 5.99. The van der Waals surface area contributed by atoms with Gasteiger partial charge in [-0.2, -0.15) is 10.2 Å². The summed E-state index contributed by atoms with van der Waals surface area (Å²) in [7, 11) is 0. The van der Waals surface area contributed by atoms with Crippen LogP contribution in [0, 0.1) is 0 Å². The Morgan fingerprint density at radius 2 is 1.15 bits per heavy atom. The summed E-state index contributed by atoms with van der Waals surface area (Å²) >= 11 is 0. The summed E-state index contributed by atoms with van der Waals surface area (Å²) in [4.78, 5) is 17.1. The summed E-state index contributed by atoms with van der Waals surface area (Å²) in [6.07, 6.45) is 6.72. The third-order valence-electron chi connectivity index (χ3n) is 3.40. The Balaban J connectivity index is 1.65. The number of nitrogens with one attached hydrogen (secondary N) is 2. The van der Waals surface area contributed by atoms with Gasteiger partial charge < -0.3 is 0 Å². The van der Waals surface area contributed by atoms with E-state index in [1.54, 1.807) is 24.8 Å². The van der Waals surface area contributed by atoms with E-state index in [-0.39, 0.29) is 0 Å². The molecule has 0 saturated carbocycles. The Morgan fingerprint density at radius 1 is 0.692 bits per heavy atom. The summed E-state index contributed by atoms with van der Waals surface area (Å²) in [5.74, 6) is 1.33. The van der Waals surface area contributed by atoms with Crippen molar-refractivity contribution in [3.63, 3.8) is 0 Å². The van der Waals surface area contributed by atoms with E-state index in [1.165, 1.54) is 0 Å². The Kier molecular flexibility index (Phi) is 5.56. The van der Waals surface area contributed by atoms with E-state index in [1.807, 2.05) is 50.2 Å². The van der Waals surface area contributed by atoms with Crippen molar-refractivity contribution in [1.29, 1.82) is 0 Å². The van der Waals surface area contributed by atoms with Crippen molar-refractivity contribution in [2.45, 2.75) is 13.8 Å². The van der Waals surface area contributed by atoms with Crippen LogP contribution in [0.3, 0.4) is 0 Å². The van der Waals surface area contributed by atoms with Crippen molar-refractivity contribution in [3.8, 4) is 0 Å². The number of nitrogens with zero attached hydrogens (tertiary/aromatic N) is 6. The van der Waals surface area contributed by atoms with Gasteiger partial charge in [0.1, 0.15) is 23.0 Å². The van der Waals surface area contributed by atoms with Crippen LogP contribution in [0.5, 0.6) is 0 Å². The zero-order chi connectivity index (χ0) is 18.2. The van der Waals surface area contributed by atoms with E-state index >= 15 is 0 Å². The number of hydrazone groups is 2. The molecule has 0 radical (unpaired) electrons. The fourth-order valence-electron chi connectivity index (χ4n) is 1.96. The van der Waals surface area contributed by atoms with Gasteiger partial charge in [-0.05, 0) is 38.1 Å². The van der Waals surface area contributed by atoms with Crippen LogP contribution in [0.1, 0.15) is 25.2 Å². The molecule has 0 atom stereocenters. The molecule has 0 spiro atoms. The predicted octanol–water partition coefficient (Wildman–Crippen LogP) is 2.94. The molecule has 0 fully saturated rings. The van der Waals surface area contributed by atoms with E-state index in [0.29, 0.717) is 34.4 Å². The second kappa shape index (κ2) is 8.43. The molecule has 26 heavy (non-hydrogen) atoms. The van der Waals surface area contributed by atoms with E-state index < -0.39 is 0 Å². The molecule has 8 heteroatoms. The quantitative estimate of drug-likeness (QED) is 0.526. The second-order valence-corrected chi connectivity index (χ2v) is 5.33. The minimum absolute atomic E-state index is 0.667. The van der Waals surface area contributed by atoms with Crippen molar-refractivity contribution in [1.82, 2.24) is 19.9 Å². The molecule has 3 heterocycles. The lowest BCUT2D eigenvalue weighted by atomic mass is 10.3. The van der Waals surface area contributed by atoms with E-state index in [9.17, 15) is 0 Å². The second-order valence-electron chi connectivity index (χ2n) is 5.33. The number of rotatable bonds is 6. The highest BCUT2D eigenvalue weighted by atomic mass is 15.3. The molecule has 0 unspecified atom stereocenters. The average molecular weight is 346 g/mol. The van der Waals surface area contributed by atoms with E-state index in [0.717, 1.165) is 0 Å². The fourth-order valence-corrected chi connectivity index (χ4v) is 1.96. The monoisotopic (exact) mass is 346 g/mol. The van der Waals surface area contributed by atoms with Crippen LogP contribution in [0.25, 0.3) is 0 Å². The number of hydrogen-bond donors (Lipinski definition) is 2. The highest BCUT2D eigenvalue weighted by Crippen LogP contribution is 2.04. The highest BCUT2D eigenvalue weighted by Gasteiger charge is 2.04. The van der Waals surface area contributed by atoms with Crippen LogP contribution >= 0.6 is 0 Å². The van der Waals surface area contributed by atoms with Crippen LogP contribution in [0.15, 0.2) is 71.4 Å². The van der Waals surface area contributed by atoms with Crippen LogP contribution in [-0.2, 0) is 0 Å². The molecule has 3 aromatic rings. The molecule has 0 amide bonds. The lowest BCUT2D eigenvalue weighted by molar-refractivity contribution is 1.13. The van der Waals surface area contributed by atoms with Crippen LogP contribution in [-0.4, -0.2) is 31.4 Å². The molecular weight excluding hydrogens is 328 g/mol. The molecule has 3 rings (SSSR count). The first-order valence-electron chi connectivity index (χ1n) is 7.98. The van der Waals surface area contributed by atoms with Gasteiger partial charge in [-0.25, -0.2) is 9.97 Å². The maximum atomic E-state index is 4.39. The van der Waals surface area contributed by atoms with Crippen molar-refractivity contribution in [3.05, 3.63) is 72.6 Å². The molecule has 2 N–H and O–H groups in total. The maximum Gasteiger partial charge on any atom is 0.146 e. The summed E-state index contributed by atoms with van der Waals surface area (Å²) < 4.78 is 0. The number of anilines is 2. The topological polar surface area (TPSA) is 100 Å². The van der Waals surface area contributed by atoms with E-state index in [2.05, 4.69) is 41.0 Å². The number of pyridine rings is 2. The summed E-state index contributed by atoms with van der Waals surface area (Å²) in [6, 6.07) is 11.1. The van der Waals surface area contributed by atoms with Gasteiger partial charge in [-0.15, -0.1) is 0 Å². The zero-order valence-corrected chi connectivity index (χ0v) is 14.5. The Hall–Kier alpha value is -3.68. The minimum atomic E-state index is 0.667. The Labute approximate surface area is 151 Å². The van der Waals surface area contributed by atoms with Gasteiger partial charge in [0.2, 0.25) is 0 Å². The van der Waals surface area contributed by atoms with Gasteiger partial charge in [0, 0.05) is 12.4 Å². The number of aromatic nitrogens is 4. The van der Waals surface area contributed by atoms with Crippen molar-refractivity contribution >= 4 is 23.1 Å². The summed E-state index contributed by atoms with van der Waals surface area (Å²) in [5.41, 5.74) is 8.52. The van der Waals surface area contributed by atoms with E-state index in [4.69, 9.17) is 0 Å². The van der Waals surface area contributed by atoms with Crippen molar-refractivity contribution in [2.24, 2.45) is 10.2 Å². The lowest BCUT2D eigenvalue weighted by Crippen LogP contribution is -2.08. The van der Waals surface area contributed by atoms with Crippen LogP contribution in [0.2, 0.25) is 0 Å². The molecular formula is C18H18N8. The summed E-state index contributed by atoms with van der Waals surface area (Å²) in [6.45, 7) is 3.70. The normalized spacial score (nSPS) is 11.9. The molecule has 8 nitrogen and oxygen atoms in total. The zero-order valence-electron chi connectivity index (χ0n) is 14.5. The maximum absolute atomic E-state index is 4.39. The Bertz CT molecular complexity index is 813. The van der Waals surface area contributed by atoms with Gasteiger partial charge in [-0.3, -0.25) is 20.8 Å². The molecule has 0 aliphatic carbocycles. The predicted molar refractivity (Wildman–Crippen MR) is 102 cm³/mol. The average Bonchev–Trinajstić information content (AvgIpc) is 2.72.